The van der Waals surface area contributed by atoms with Crippen LogP contribution in [0.25, 0.3) is 0 Å². The highest BCUT2D eigenvalue weighted by molar-refractivity contribution is 7.13. The van der Waals surface area contributed by atoms with E-state index in [2.05, 4.69) is 17.2 Å². The summed E-state index contributed by atoms with van der Waals surface area (Å²) in [5.74, 6) is 0.0887. The molecule has 0 aliphatic heterocycles. The number of hydrogen-bond donors (Lipinski definition) is 1. The summed E-state index contributed by atoms with van der Waals surface area (Å²) in [5.41, 5.74) is 0.961. The van der Waals surface area contributed by atoms with Gasteiger partial charge in [0.25, 0.3) is 0 Å². The second-order valence-electron chi connectivity index (χ2n) is 4.01. The Bertz CT molecular complexity index is 323. The van der Waals surface area contributed by atoms with Crippen LogP contribution in [0, 0.1) is 6.92 Å². The fourth-order valence-electron chi connectivity index (χ4n) is 1.48. The van der Waals surface area contributed by atoms with Gasteiger partial charge in [0, 0.05) is 11.8 Å². The number of anilines is 1. The lowest BCUT2D eigenvalue weighted by atomic mass is 10.1. The second-order valence-corrected chi connectivity index (χ2v) is 4.86. The molecule has 0 fully saturated rings. The Balaban J connectivity index is 2.11. The Morgan fingerprint density at radius 2 is 2.12 bits per heavy atom. The maximum Gasteiger partial charge on any atom is 0.226 e. The van der Waals surface area contributed by atoms with E-state index in [0.29, 0.717) is 6.42 Å². The number of aryl methyl sites for hydroxylation is 1. The summed E-state index contributed by atoms with van der Waals surface area (Å²) in [4.78, 5) is 15.7. The lowest BCUT2D eigenvalue weighted by Gasteiger charge is -2.01. The number of hydrogen-bond acceptors (Lipinski definition) is 3. The van der Waals surface area contributed by atoms with Crippen molar-refractivity contribution in [3.05, 3.63) is 11.1 Å². The second kappa shape index (κ2) is 7.39. The van der Waals surface area contributed by atoms with Gasteiger partial charge in [0.05, 0.1) is 5.69 Å². The topological polar surface area (TPSA) is 42.0 Å². The van der Waals surface area contributed by atoms with Gasteiger partial charge >= 0.3 is 0 Å². The molecule has 3 nitrogen and oxygen atoms in total. The minimum atomic E-state index is 0.0887. The Hall–Kier alpha value is -0.900. The highest BCUT2D eigenvalue weighted by Crippen LogP contribution is 2.15. The molecular formula is C12H20N2OS. The molecular weight excluding hydrogens is 220 g/mol. The van der Waals surface area contributed by atoms with Crippen molar-refractivity contribution < 1.29 is 4.79 Å². The third kappa shape index (κ3) is 5.26. The minimum Gasteiger partial charge on any atom is -0.302 e. The summed E-state index contributed by atoms with van der Waals surface area (Å²) in [6, 6.07) is 0. The van der Waals surface area contributed by atoms with Gasteiger partial charge in [0.15, 0.2) is 5.13 Å². The van der Waals surface area contributed by atoms with Crippen LogP contribution in [0.3, 0.4) is 0 Å². The Morgan fingerprint density at radius 1 is 1.38 bits per heavy atom. The monoisotopic (exact) mass is 240 g/mol. The van der Waals surface area contributed by atoms with Crippen LogP contribution >= 0.6 is 11.3 Å². The molecule has 0 spiro atoms. The molecule has 1 rings (SSSR count). The molecule has 4 heteroatoms. The van der Waals surface area contributed by atoms with E-state index in [-0.39, 0.29) is 5.91 Å². The Kier molecular flexibility index (Phi) is 6.08. The van der Waals surface area contributed by atoms with Crippen molar-refractivity contribution in [2.45, 2.75) is 52.4 Å². The zero-order chi connectivity index (χ0) is 11.8. The van der Waals surface area contributed by atoms with Gasteiger partial charge < -0.3 is 5.32 Å². The third-order valence-corrected chi connectivity index (χ3v) is 3.25. The van der Waals surface area contributed by atoms with Crippen molar-refractivity contribution in [3.8, 4) is 0 Å². The molecule has 16 heavy (non-hydrogen) atoms. The van der Waals surface area contributed by atoms with Gasteiger partial charge in [-0.3, -0.25) is 4.79 Å². The molecule has 0 aliphatic carbocycles. The summed E-state index contributed by atoms with van der Waals surface area (Å²) >= 11 is 1.48. The standard InChI is InChI=1S/C12H20N2OS/c1-3-4-5-6-7-8-11(15)14-12-13-10(2)9-16-12/h9H,3-8H2,1-2H3,(H,13,14,15). The number of thiazole rings is 1. The molecule has 1 N–H and O–H groups in total. The fourth-order valence-corrected chi connectivity index (χ4v) is 2.19. The van der Waals surface area contributed by atoms with E-state index in [1.54, 1.807) is 0 Å². The Morgan fingerprint density at radius 3 is 2.75 bits per heavy atom. The normalized spacial score (nSPS) is 10.4. The van der Waals surface area contributed by atoms with Crippen molar-refractivity contribution in [2.24, 2.45) is 0 Å². The zero-order valence-electron chi connectivity index (χ0n) is 10.1. The van der Waals surface area contributed by atoms with Gasteiger partial charge in [0.1, 0.15) is 0 Å². The first-order valence-electron chi connectivity index (χ1n) is 5.94. The molecule has 1 aromatic heterocycles. The van der Waals surface area contributed by atoms with Crippen LogP contribution in [0.5, 0.6) is 0 Å². The molecule has 0 aliphatic rings. The molecule has 1 amide bonds. The number of nitrogens with zero attached hydrogens (tertiary/aromatic N) is 1. The number of carbonyl (C=O) groups is 1. The van der Waals surface area contributed by atoms with E-state index in [4.69, 9.17) is 0 Å². The molecule has 0 unspecified atom stereocenters. The lowest BCUT2D eigenvalue weighted by Crippen LogP contribution is -2.10. The first-order chi connectivity index (χ1) is 7.72. The predicted molar refractivity (Wildman–Crippen MR) is 68.9 cm³/mol. The molecule has 0 atom stereocenters. The van der Waals surface area contributed by atoms with Crippen LogP contribution in [0.4, 0.5) is 5.13 Å². The first-order valence-corrected chi connectivity index (χ1v) is 6.82. The number of nitrogens with one attached hydrogen (secondary N) is 1. The van der Waals surface area contributed by atoms with Crippen LogP contribution in [-0.2, 0) is 4.79 Å². The van der Waals surface area contributed by atoms with Crippen LogP contribution < -0.4 is 5.32 Å². The first kappa shape index (κ1) is 13.2. The molecule has 0 saturated carbocycles. The van der Waals surface area contributed by atoms with Gasteiger partial charge in [-0.05, 0) is 13.3 Å². The zero-order valence-corrected chi connectivity index (χ0v) is 10.9. The number of aromatic nitrogens is 1. The lowest BCUT2D eigenvalue weighted by molar-refractivity contribution is -0.116. The van der Waals surface area contributed by atoms with Gasteiger partial charge in [0.2, 0.25) is 5.91 Å². The average molecular weight is 240 g/mol. The summed E-state index contributed by atoms with van der Waals surface area (Å²) in [6.45, 7) is 4.12. The molecule has 0 aromatic carbocycles. The van der Waals surface area contributed by atoms with Gasteiger partial charge in [-0.15, -0.1) is 11.3 Å². The van der Waals surface area contributed by atoms with Crippen molar-refractivity contribution in [1.82, 2.24) is 4.98 Å². The van der Waals surface area contributed by atoms with Crippen molar-refractivity contribution in [2.75, 3.05) is 5.32 Å². The molecule has 1 heterocycles. The molecule has 0 radical (unpaired) electrons. The molecule has 1 aromatic rings. The summed E-state index contributed by atoms with van der Waals surface area (Å²) in [5, 5.41) is 5.48. The van der Waals surface area contributed by atoms with Crippen LogP contribution in [0.1, 0.15) is 51.1 Å². The van der Waals surface area contributed by atoms with Crippen molar-refractivity contribution in [3.63, 3.8) is 0 Å². The van der Waals surface area contributed by atoms with Crippen LogP contribution in [0.2, 0.25) is 0 Å². The van der Waals surface area contributed by atoms with Gasteiger partial charge in [-0.25, -0.2) is 4.98 Å². The van der Waals surface area contributed by atoms with Gasteiger partial charge in [-0.1, -0.05) is 32.6 Å². The van der Waals surface area contributed by atoms with E-state index in [1.165, 1.54) is 30.6 Å². The van der Waals surface area contributed by atoms with E-state index in [1.807, 2.05) is 12.3 Å². The summed E-state index contributed by atoms with van der Waals surface area (Å²) in [7, 11) is 0. The van der Waals surface area contributed by atoms with Crippen molar-refractivity contribution in [1.29, 1.82) is 0 Å². The SMILES string of the molecule is CCCCCCCC(=O)Nc1nc(C)cs1. The maximum atomic E-state index is 11.5. The molecule has 90 valence electrons. The predicted octanol–water partition coefficient (Wildman–Crippen LogP) is 3.75. The van der Waals surface area contributed by atoms with E-state index >= 15 is 0 Å². The van der Waals surface area contributed by atoms with Gasteiger partial charge in [-0.2, -0.15) is 0 Å². The average Bonchev–Trinajstić information content (AvgIpc) is 2.63. The van der Waals surface area contributed by atoms with Crippen LogP contribution in [-0.4, -0.2) is 10.9 Å². The molecule has 0 bridgehead atoms. The Labute approximate surface area is 101 Å². The van der Waals surface area contributed by atoms with Crippen molar-refractivity contribution >= 4 is 22.4 Å². The smallest absolute Gasteiger partial charge is 0.226 e. The minimum absolute atomic E-state index is 0.0887. The quantitative estimate of drug-likeness (QED) is 0.737. The molecule has 0 saturated heterocycles. The largest absolute Gasteiger partial charge is 0.302 e. The maximum absolute atomic E-state index is 11.5. The summed E-state index contributed by atoms with van der Waals surface area (Å²) < 4.78 is 0. The van der Waals surface area contributed by atoms with Crippen LogP contribution in [0.15, 0.2) is 5.38 Å². The number of rotatable bonds is 7. The van der Waals surface area contributed by atoms with E-state index in [9.17, 15) is 4.79 Å². The highest BCUT2D eigenvalue weighted by Gasteiger charge is 2.04. The van der Waals surface area contributed by atoms with E-state index in [0.717, 1.165) is 23.7 Å². The van der Waals surface area contributed by atoms with E-state index < -0.39 is 0 Å². The number of amides is 1. The number of carbonyl (C=O) groups excluding carboxylic acids is 1. The highest BCUT2D eigenvalue weighted by atomic mass is 32.1. The fraction of sp³-hybridized carbons (Fsp3) is 0.667. The summed E-state index contributed by atoms with van der Waals surface area (Å²) in [6.07, 6.45) is 6.49. The third-order valence-electron chi connectivity index (χ3n) is 2.37. The number of unbranched alkanes of at least 4 members (excludes halogenated alkanes) is 4.